The molecule has 0 radical (unpaired) electrons. The van der Waals surface area contributed by atoms with Gasteiger partial charge in [0.2, 0.25) is 0 Å². The topological polar surface area (TPSA) is 68.0 Å². The van der Waals surface area contributed by atoms with E-state index in [4.69, 9.17) is 0 Å². The number of pyridine rings is 1. The second kappa shape index (κ2) is 7.62. The van der Waals surface area contributed by atoms with E-state index in [1.807, 2.05) is 30.1 Å². The van der Waals surface area contributed by atoms with Crippen LogP contribution in [-0.2, 0) is 11.3 Å². The molecule has 2 aromatic heterocycles. The van der Waals surface area contributed by atoms with Crippen molar-refractivity contribution in [2.75, 3.05) is 0 Å². The largest absolute Gasteiger partial charge is 0.390 e. The highest BCUT2D eigenvalue weighted by Crippen LogP contribution is 2.69. The molecule has 4 aliphatic carbocycles. The van der Waals surface area contributed by atoms with Crippen LogP contribution in [0.1, 0.15) is 79.1 Å². The maximum Gasteiger partial charge on any atom is 0.158 e. The van der Waals surface area contributed by atoms with Crippen molar-refractivity contribution in [1.29, 1.82) is 0 Å². The smallest absolute Gasteiger partial charge is 0.158 e. The van der Waals surface area contributed by atoms with Gasteiger partial charge in [0.1, 0.15) is 6.54 Å². The lowest BCUT2D eigenvalue weighted by Gasteiger charge is -2.61. The number of aromatic nitrogens is 3. The van der Waals surface area contributed by atoms with E-state index in [-0.39, 0.29) is 11.3 Å². The lowest BCUT2D eigenvalue weighted by molar-refractivity contribution is -0.151. The van der Waals surface area contributed by atoms with Gasteiger partial charge in [0, 0.05) is 17.5 Å². The van der Waals surface area contributed by atoms with Gasteiger partial charge in [0.15, 0.2) is 5.78 Å². The standard InChI is InChI=1S/C29H41N3O2/c1-18-13-23-21-6-5-20-14-27(2,34)10-11-28(20,3)22(21)7-9-29(23,4)26(18)25(33)17-32-24-16-30-12-8-19(24)15-31-32/h8,12,15-16,18,20-23,26,34H,5-7,9-11,13-14,17H2,1-4H3/t18-,20+,21-,22+,23+,26?,27-,28+,29+/m1/s1. The van der Waals surface area contributed by atoms with Crippen molar-refractivity contribution in [1.82, 2.24) is 14.8 Å². The summed E-state index contributed by atoms with van der Waals surface area (Å²) in [6, 6.07) is 1.96. The van der Waals surface area contributed by atoms with Gasteiger partial charge < -0.3 is 5.11 Å². The van der Waals surface area contributed by atoms with Crippen LogP contribution in [0.25, 0.3) is 10.9 Å². The maximum absolute atomic E-state index is 13.8. The molecule has 1 unspecified atom stereocenters. The predicted molar refractivity (Wildman–Crippen MR) is 133 cm³/mol. The third kappa shape index (κ3) is 3.25. The Balaban J connectivity index is 1.25. The molecule has 2 heterocycles. The van der Waals surface area contributed by atoms with Gasteiger partial charge in [-0.3, -0.25) is 14.5 Å². The Labute approximate surface area is 203 Å². The van der Waals surface area contributed by atoms with Crippen LogP contribution in [0.3, 0.4) is 0 Å². The third-order valence-corrected chi connectivity index (χ3v) is 11.4. The Kier molecular flexibility index (Phi) is 5.09. The van der Waals surface area contributed by atoms with Gasteiger partial charge in [-0.05, 0) is 105 Å². The zero-order valence-corrected chi connectivity index (χ0v) is 21.3. The summed E-state index contributed by atoms with van der Waals surface area (Å²) in [5, 5.41) is 16.3. The summed E-state index contributed by atoms with van der Waals surface area (Å²) >= 11 is 0. The summed E-state index contributed by atoms with van der Waals surface area (Å²) in [6.07, 6.45) is 14.7. The molecule has 4 aliphatic rings. The van der Waals surface area contributed by atoms with Crippen LogP contribution < -0.4 is 0 Å². The molecule has 0 aliphatic heterocycles. The van der Waals surface area contributed by atoms with Crippen LogP contribution in [0, 0.1) is 46.3 Å². The Hall–Kier alpha value is -1.75. The maximum atomic E-state index is 13.8. The molecule has 0 saturated heterocycles. The summed E-state index contributed by atoms with van der Waals surface area (Å²) in [6.45, 7) is 9.72. The molecule has 5 heteroatoms. The number of Topliss-reactive ketones (excluding diaryl/α,β-unsaturated/α-hetero) is 1. The summed E-state index contributed by atoms with van der Waals surface area (Å²) in [7, 11) is 0. The summed E-state index contributed by atoms with van der Waals surface area (Å²) in [5.41, 5.74) is 0.929. The molecule has 0 aromatic carbocycles. The number of hydrogen-bond donors (Lipinski definition) is 1. The Morgan fingerprint density at radius 3 is 2.74 bits per heavy atom. The average molecular weight is 464 g/mol. The fourth-order valence-corrected chi connectivity index (χ4v) is 9.77. The molecule has 6 rings (SSSR count). The Morgan fingerprint density at radius 1 is 1.09 bits per heavy atom. The van der Waals surface area contributed by atoms with Crippen LogP contribution in [0.2, 0.25) is 0 Å². The first kappa shape index (κ1) is 22.7. The van der Waals surface area contributed by atoms with E-state index in [0.717, 1.165) is 42.0 Å². The molecule has 1 N–H and O–H groups in total. The molecule has 0 bridgehead atoms. The third-order valence-electron chi connectivity index (χ3n) is 11.4. The summed E-state index contributed by atoms with van der Waals surface area (Å²) in [4.78, 5) is 18.1. The molecule has 34 heavy (non-hydrogen) atoms. The first-order chi connectivity index (χ1) is 16.1. The van der Waals surface area contributed by atoms with Crippen LogP contribution in [0.15, 0.2) is 24.7 Å². The number of ketones is 1. The minimum atomic E-state index is -0.480. The number of aliphatic hydroxyl groups is 1. The van der Waals surface area contributed by atoms with Gasteiger partial charge in [0.05, 0.1) is 23.5 Å². The second-order valence-electron chi connectivity index (χ2n) is 13.3. The van der Waals surface area contributed by atoms with Gasteiger partial charge in [-0.1, -0.05) is 20.8 Å². The van der Waals surface area contributed by atoms with E-state index in [2.05, 4.69) is 30.9 Å². The van der Waals surface area contributed by atoms with E-state index < -0.39 is 5.60 Å². The van der Waals surface area contributed by atoms with Gasteiger partial charge in [-0.15, -0.1) is 0 Å². The first-order valence-corrected chi connectivity index (χ1v) is 13.6. The molecular weight excluding hydrogens is 422 g/mol. The molecule has 0 amide bonds. The lowest BCUT2D eigenvalue weighted by Crippen LogP contribution is -2.55. The number of hydrogen-bond acceptors (Lipinski definition) is 4. The van der Waals surface area contributed by atoms with Crippen molar-refractivity contribution < 1.29 is 9.90 Å². The van der Waals surface area contributed by atoms with E-state index >= 15 is 0 Å². The number of carbonyl (C=O) groups excluding carboxylic acids is 1. The fourth-order valence-electron chi connectivity index (χ4n) is 9.77. The van der Waals surface area contributed by atoms with Gasteiger partial charge in [-0.25, -0.2) is 0 Å². The molecule has 0 spiro atoms. The predicted octanol–water partition coefficient (Wildman–Crippen LogP) is 5.66. The zero-order valence-electron chi connectivity index (χ0n) is 21.3. The lowest BCUT2D eigenvalue weighted by atomic mass is 9.44. The SMILES string of the molecule is C[C@@H]1C[C@H]2[C@@H]3CC[C@H]4C[C@](C)(O)CC[C@]4(C)[C@H]3CC[C@]2(C)C1C(=O)Cn1ncc2ccncc21. The van der Waals surface area contributed by atoms with E-state index in [1.54, 1.807) is 6.20 Å². The summed E-state index contributed by atoms with van der Waals surface area (Å²) in [5.74, 6) is 3.69. The van der Waals surface area contributed by atoms with Gasteiger partial charge >= 0.3 is 0 Å². The highest BCUT2D eigenvalue weighted by atomic mass is 16.3. The van der Waals surface area contributed by atoms with Crippen molar-refractivity contribution in [3.63, 3.8) is 0 Å². The first-order valence-electron chi connectivity index (χ1n) is 13.6. The number of rotatable bonds is 3. The van der Waals surface area contributed by atoms with Crippen molar-refractivity contribution in [2.45, 2.75) is 91.2 Å². The average Bonchev–Trinajstić information content (AvgIpc) is 3.31. The van der Waals surface area contributed by atoms with Crippen LogP contribution >= 0.6 is 0 Å². The van der Waals surface area contributed by atoms with Crippen molar-refractivity contribution >= 4 is 16.7 Å². The molecule has 2 aromatic rings. The fraction of sp³-hybridized carbons (Fsp3) is 0.759. The number of carbonyl (C=O) groups is 1. The zero-order chi connectivity index (χ0) is 23.9. The molecule has 5 nitrogen and oxygen atoms in total. The highest BCUT2D eigenvalue weighted by molar-refractivity contribution is 5.85. The van der Waals surface area contributed by atoms with Gasteiger partial charge in [-0.2, -0.15) is 5.10 Å². The Morgan fingerprint density at radius 2 is 1.91 bits per heavy atom. The van der Waals surface area contributed by atoms with Crippen LogP contribution in [0.5, 0.6) is 0 Å². The number of nitrogens with zero attached hydrogens (tertiary/aromatic N) is 3. The normalized spacial score (nSPS) is 46.0. The number of fused-ring (bicyclic) bond motifs is 6. The van der Waals surface area contributed by atoms with Crippen molar-refractivity contribution in [3.05, 3.63) is 24.7 Å². The quantitative estimate of drug-likeness (QED) is 0.638. The van der Waals surface area contributed by atoms with E-state index in [1.165, 1.54) is 32.1 Å². The molecular formula is C29H41N3O2. The van der Waals surface area contributed by atoms with Crippen LogP contribution in [0.4, 0.5) is 0 Å². The molecule has 4 saturated carbocycles. The van der Waals surface area contributed by atoms with E-state index in [0.29, 0.717) is 35.5 Å². The minimum absolute atomic E-state index is 0.0994. The molecule has 9 atom stereocenters. The summed E-state index contributed by atoms with van der Waals surface area (Å²) < 4.78 is 1.86. The Bertz CT molecular complexity index is 1110. The minimum Gasteiger partial charge on any atom is -0.390 e. The monoisotopic (exact) mass is 463 g/mol. The van der Waals surface area contributed by atoms with Crippen molar-refractivity contribution in [2.24, 2.45) is 46.3 Å². The van der Waals surface area contributed by atoms with Crippen LogP contribution in [-0.4, -0.2) is 31.3 Å². The molecule has 184 valence electrons. The van der Waals surface area contributed by atoms with E-state index in [9.17, 15) is 9.90 Å². The second-order valence-corrected chi connectivity index (χ2v) is 13.3. The highest BCUT2D eigenvalue weighted by Gasteiger charge is 2.63. The molecule has 4 fully saturated rings. The van der Waals surface area contributed by atoms with Gasteiger partial charge in [0.25, 0.3) is 0 Å². The van der Waals surface area contributed by atoms with Crippen molar-refractivity contribution in [3.8, 4) is 0 Å².